The molecule has 0 spiro atoms. The van der Waals surface area contributed by atoms with Gasteiger partial charge in [-0.3, -0.25) is 9.59 Å². The summed E-state index contributed by atoms with van der Waals surface area (Å²) < 4.78 is 4.98. The Hall–Kier alpha value is -2.42. The topological polar surface area (TPSA) is 43.4 Å². The normalized spacial score (nSPS) is 30.5. The molecule has 0 radical (unpaired) electrons. The van der Waals surface area contributed by atoms with Gasteiger partial charge in [0.05, 0.1) is 11.8 Å². The van der Waals surface area contributed by atoms with Crippen LogP contribution in [-0.2, 0) is 19.7 Å². The standard InChI is InChI=1S/C18H14O3/c19-16-14-11-18(14,13-9-5-2-6-10-13)15(17(20)21-16)12-7-3-1-4-8-12/h1-10,14-15H,11H2. The smallest absolute Gasteiger partial charge is 0.322 e. The van der Waals surface area contributed by atoms with Crippen molar-refractivity contribution in [2.75, 3.05) is 0 Å². The molecule has 0 bridgehead atoms. The second-order valence-electron chi connectivity index (χ2n) is 5.75. The van der Waals surface area contributed by atoms with Crippen molar-refractivity contribution in [3.63, 3.8) is 0 Å². The summed E-state index contributed by atoms with van der Waals surface area (Å²) in [5.74, 6) is -1.41. The maximum Gasteiger partial charge on any atom is 0.322 e. The highest BCUT2D eigenvalue weighted by Crippen LogP contribution is 2.65. The zero-order chi connectivity index (χ0) is 14.4. The lowest BCUT2D eigenvalue weighted by atomic mass is 9.75. The van der Waals surface area contributed by atoms with E-state index in [-0.39, 0.29) is 11.9 Å². The lowest BCUT2D eigenvalue weighted by Gasteiger charge is -2.30. The van der Waals surface area contributed by atoms with Crippen LogP contribution in [0.1, 0.15) is 23.5 Å². The molecular formula is C18H14O3. The quantitative estimate of drug-likeness (QED) is 0.626. The Morgan fingerprint density at radius 3 is 2.14 bits per heavy atom. The molecule has 1 heterocycles. The van der Waals surface area contributed by atoms with Crippen LogP contribution < -0.4 is 0 Å². The first-order valence-corrected chi connectivity index (χ1v) is 7.09. The molecule has 3 heteroatoms. The van der Waals surface area contributed by atoms with Crippen molar-refractivity contribution >= 4 is 11.9 Å². The minimum absolute atomic E-state index is 0.206. The lowest BCUT2D eigenvalue weighted by molar-refractivity contribution is -0.166. The Kier molecular flexibility index (Phi) is 2.52. The van der Waals surface area contributed by atoms with Crippen LogP contribution in [0.4, 0.5) is 0 Å². The predicted octanol–water partition coefficient (Wildman–Crippen LogP) is 2.81. The van der Waals surface area contributed by atoms with Crippen molar-refractivity contribution in [1.29, 1.82) is 0 Å². The van der Waals surface area contributed by atoms with Gasteiger partial charge in [0.15, 0.2) is 0 Å². The number of carbonyl (C=O) groups is 2. The Labute approximate surface area is 122 Å². The van der Waals surface area contributed by atoms with Crippen molar-refractivity contribution in [1.82, 2.24) is 0 Å². The minimum atomic E-state index is -0.427. The van der Waals surface area contributed by atoms with E-state index < -0.39 is 17.3 Å². The molecule has 0 amide bonds. The van der Waals surface area contributed by atoms with Crippen molar-refractivity contribution < 1.29 is 14.3 Å². The first-order valence-electron chi connectivity index (χ1n) is 7.09. The summed E-state index contributed by atoms with van der Waals surface area (Å²) in [5.41, 5.74) is 1.55. The van der Waals surface area contributed by atoms with Gasteiger partial charge in [-0.1, -0.05) is 60.7 Å². The molecule has 1 aliphatic carbocycles. The lowest BCUT2D eigenvalue weighted by Crippen LogP contribution is -2.38. The molecule has 0 N–H and O–H groups in total. The number of ether oxygens (including phenoxy) is 1. The molecule has 2 aromatic rings. The highest BCUT2D eigenvalue weighted by molar-refractivity contribution is 5.99. The second-order valence-corrected chi connectivity index (χ2v) is 5.75. The Bertz CT molecular complexity index is 708. The van der Waals surface area contributed by atoms with Crippen LogP contribution in [0.25, 0.3) is 0 Å². The number of esters is 2. The van der Waals surface area contributed by atoms with Gasteiger partial charge in [-0.25, -0.2) is 0 Å². The van der Waals surface area contributed by atoms with Crippen LogP contribution in [0.3, 0.4) is 0 Å². The van der Waals surface area contributed by atoms with Crippen LogP contribution in [0, 0.1) is 5.92 Å². The number of carbonyl (C=O) groups excluding carboxylic acids is 2. The fourth-order valence-corrected chi connectivity index (χ4v) is 3.64. The van der Waals surface area contributed by atoms with Crippen LogP contribution in [0.5, 0.6) is 0 Å². The zero-order valence-electron chi connectivity index (χ0n) is 11.4. The molecule has 1 saturated carbocycles. The summed E-state index contributed by atoms with van der Waals surface area (Å²) in [6.45, 7) is 0. The third kappa shape index (κ3) is 1.67. The third-order valence-corrected chi connectivity index (χ3v) is 4.68. The molecule has 104 valence electrons. The van der Waals surface area contributed by atoms with E-state index in [2.05, 4.69) is 0 Å². The highest BCUT2D eigenvalue weighted by Gasteiger charge is 2.70. The summed E-state index contributed by atoms with van der Waals surface area (Å²) in [7, 11) is 0. The molecule has 1 aliphatic heterocycles. The maximum atomic E-state index is 12.4. The van der Waals surface area contributed by atoms with Gasteiger partial charge in [-0.15, -0.1) is 0 Å². The molecule has 2 aliphatic rings. The zero-order valence-corrected chi connectivity index (χ0v) is 11.4. The van der Waals surface area contributed by atoms with Crippen molar-refractivity contribution in [3.05, 3.63) is 71.8 Å². The molecular weight excluding hydrogens is 264 g/mol. The van der Waals surface area contributed by atoms with Gasteiger partial charge in [0.2, 0.25) is 0 Å². The van der Waals surface area contributed by atoms with Gasteiger partial charge in [0.25, 0.3) is 0 Å². The number of cyclic esters (lactones) is 2. The van der Waals surface area contributed by atoms with Crippen LogP contribution >= 0.6 is 0 Å². The van der Waals surface area contributed by atoms with Gasteiger partial charge in [0.1, 0.15) is 0 Å². The molecule has 3 atom stereocenters. The second kappa shape index (κ2) is 4.29. The average Bonchev–Trinajstić information content (AvgIpc) is 3.26. The van der Waals surface area contributed by atoms with Gasteiger partial charge in [0, 0.05) is 5.41 Å². The summed E-state index contributed by atoms with van der Waals surface area (Å²) in [5, 5.41) is 0. The number of benzene rings is 2. The van der Waals surface area contributed by atoms with E-state index in [4.69, 9.17) is 4.74 Å². The van der Waals surface area contributed by atoms with Gasteiger partial charge >= 0.3 is 11.9 Å². The van der Waals surface area contributed by atoms with Gasteiger partial charge in [-0.2, -0.15) is 0 Å². The first kappa shape index (κ1) is 12.3. The minimum Gasteiger partial charge on any atom is -0.392 e. The highest BCUT2D eigenvalue weighted by atomic mass is 16.6. The van der Waals surface area contributed by atoms with Gasteiger partial charge in [-0.05, 0) is 17.5 Å². The molecule has 21 heavy (non-hydrogen) atoms. The number of hydrogen-bond donors (Lipinski definition) is 0. The van der Waals surface area contributed by atoms with Crippen LogP contribution in [0.15, 0.2) is 60.7 Å². The van der Waals surface area contributed by atoms with Crippen molar-refractivity contribution in [2.45, 2.75) is 17.8 Å². The number of rotatable bonds is 2. The Balaban J connectivity index is 1.87. The first-order chi connectivity index (χ1) is 10.2. The van der Waals surface area contributed by atoms with Crippen LogP contribution in [0.2, 0.25) is 0 Å². The molecule has 2 aromatic carbocycles. The molecule has 3 nitrogen and oxygen atoms in total. The monoisotopic (exact) mass is 278 g/mol. The van der Waals surface area contributed by atoms with E-state index in [1.807, 2.05) is 60.7 Å². The van der Waals surface area contributed by atoms with Crippen LogP contribution in [-0.4, -0.2) is 11.9 Å². The third-order valence-electron chi connectivity index (χ3n) is 4.68. The fraction of sp³-hybridized carbons (Fsp3) is 0.222. The van der Waals surface area contributed by atoms with Crippen molar-refractivity contribution in [3.8, 4) is 0 Å². The summed E-state index contributed by atoms with van der Waals surface area (Å²) >= 11 is 0. The number of hydrogen-bond acceptors (Lipinski definition) is 3. The molecule has 4 rings (SSSR count). The van der Waals surface area contributed by atoms with E-state index in [1.54, 1.807) is 0 Å². The Morgan fingerprint density at radius 2 is 1.48 bits per heavy atom. The Morgan fingerprint density at radius 1 is 0.857 bits per heavy atom. The summed E-state index contributed by atoms with van der Waals surface area (Å²) in [4.78, 5) is 24.3. The molecule has 2 fully saturated rings. The largest absolute Gasteiger partial charge is 0.392 e. The average molecular weight is 278 g/mol. The summed E-state index contributed by atoms with van der Waals surface area (Å²) in [6, 6.07) is 19.5. The number of fused-ring (bicyclic) bond motifs is 1. The van der Waals surface area contributed by atoms with Gasteiger partial charge < -0.3 is 4.74 Å². The van der Waals surface area contributed by atoms with E-state index in [0.29, 0.717) is 6.42 Å². The van der Waals surface area contributed by atoms with E-state index in [0.717, 1.165) is 11.1 Å². The molecule has 1 saturated heterocycles. The van der Waals surface area contributed by atoms with E-state index >= 15 is 0 Å². The molecule has 0 aromatic heterocycles. The van der Waals surface area contributed by atoms with Crippen molar-refractivity contribution in [2.24, 2.45) is 5.92 Å². The van der Waals surface area contributed by atoms with E-state index in [9.17, 15) is 9.59 Å². The fourth-order valence-electron chi connectivity index (χ4n) is 3.64. The maximum absolute atomic E-state index is 12.4. The molecule has 3 unspecified atom stereocenters. The van der Waals surface area contributed by atoms with E-state index in [1.165, 1.54) is 0 Å². The SMILES string of the molecule is O=C1OC(=O)C(c2ccccc2)C2(c3ccccc3)CC12. The summed E-state index contributed by atoms with van der Waals surface area (Å²) in [6.07, 6.45) is 0.682. The predicted molar refractivity (Wildman–Crippen MR) is 76.5 cm³/mol.